The number of nitrogens with one attached hydrogen (secondary N) is 1. The van der Waals surface area contributed by atoms with Crippen molar-refractivity contribution >= 4 is 5.69 Å². The molecule has 19 heavy (non-hydrogen) atoms. The molecule has 0 aliphatic carbocycles. The molecule has 3 rings (SSSR count). The fraction of sp³-hybridized carbons (Fsp3) is 0.250. The molecule has 3 nitrogen and oxygen atoms in total. The number of rotatable bonds is 4. The minimum Gasteiger partial charge on any atom is -0.455 e. The van der Waals surface area contributed by atoms with Crippen LogP contribution in [0.15, 0.2) is 54.6 Å². The first-order valence-corrected chi connectivity index (χ1v) is 6.58. The monoisotopic (exact) mass is 255 g/mol. The van der Waals surface area contributed by atoms with E-state index in [9.17, 15) is 0 Å². The Balaban J connectivity index is 1.77. The Hall–Kier alpha value is -2.00. The third-order valence-electron chi connectivity index (χ3n) is 3.15. The van der Waals surface area contributed by atoms with Crippen molar-refractivity contribution < 1.29 is 9.47 Å². The van der Waals surface area contributed by atoms with Crippen LogP contribution in [0.25, 0.3) is 0 Å². The van der Waals surface area contributed by atoms with Crippen molar-refractivity contribution in [2.45, 2.75) is 12.5 Å². The van der Waals surface area contributed by atoms with E-state index in [0.29, 0.717) is 6.04 Å². The van der Waals surface area contributed by atoms with Crippen molar-refractivity contribution in [1.29, 1.82) is 0 Å². The first-order valence-electron chi connectivity index (χ1n) is 6.58. The van der Waals surface area contributed by atoms with E-state index in [2.05, 4.69) is 5.32 Å². The molecular formula is C16H17NO2. The molecule has 2 aromatic carbocycles. The lowest BCUT2D eigenvalue weighted by Gasteiger charge is -2.16. The zero-order valence-electron chi connectivity index (χ0n) is 10.7. The predicted octanol–water partition coefficient (Wildman–Crippen LogP) is 3.68. The third-order valence-corrected chi connectivity index (χ3v) is 3.15. The van der Waals surface area contributed by atoms with Crippen LogP contribution in [0.5, 0.6) is 11.5 Å². The fourth-order valence-electron chi connectivity index (χ4n) is 2.16. The number of benzene rings is 2. The van der Waals surface area contributed by atoms with Crippen molar-refractivity contribution in [2.24, 2.45) is 0 Å². The van der Waals surface area contributed by atoms with Gasteiger partial charge in [0.25, 0.3) is 0 Å². The molecule has 1 heterocycles. The summed E-state index contributed by atoms with van der Waals surface area (Å²) in [7, 11) is 0. The maximum absolute atomic E-state index is 5.92. The Morgan fingerprint density at radius 1 is 1.00 bits per heavy atom. The maximum atomic E-state index is 5.92. The van der Waals surface area contributed by atoms with E-state index in [4.69, 9.17) is 9.47 Å². The summed E-state index contributed by atoms with van der Waals surface area (Å²) in [5, 5.41) is 3.48. The van der Waals surface area contributed by atoms with E-state index in [0.717, 1.165) is 36.8 Å². The first-order chi connectivity index (χ1) is 9.42. The summed E-state index contributed by atoms with van der Waals surface area (Å²) in [5.41, 5.74) is 1.02. The minimum absolute atomic E-state index is 0.375. The lowest BCUT2D eigenvalue weighted by Crippen LogP contribution is -2.19. The number of anilines is 1. The number of hydrogen-bond acceptors (Lipinski definition) is 3. The van der Waals surface area contributed by atoms with Crippen LogP contribution < -0.4 is 10.1 Å². The number of hydrogen-bond donors (Lipinski definition) is 1. The summed E-state index contributed by atoms with van der Waals surface area (Å²) in [4.78, 5) is 0. The molecular weight excluding hydrogens is 238 g/mol. The van der Waals surface area contributed by atoms with Gasteiger partial charge in [0, 0.05) is 6.61 Å². The van der Waals surface area contributed by atoms with E-state index in [-0.39, 0.29) is 0 Å². The van der Waals surface area contributed by atoms with Gasteiger partial charge in [-0.25, -0.2) is 0 Å². The van der Waals surface area contributed by atoms with Gasteiger partial charge in [0.05, 0.1) is 18.3 Å². The van der Waals surface area contributed by atoms with E-state index < -0.39 is 0 Å². The molecule has 1 N–H and O–H groups in total. The molecule has 98 valence electrons. The zero-order valence-corrected chi connectivity index (χ0v) is 10.7. The second-order valence-corrected chi connectivity index (χ2v) is 4.62. The molecule has 0 aromatic heterocycles. The highest BCUT2D eigenvalue weighted by molar-refractivity contribution is 5.58. The number of ether oxygens (including phenoxy) is 2. The summed E-state index contributed by atoms with van der Waals surface area (Å²) in [6.45, 7) is 1.60. The largest absolute Gasteiger partial charge is 0.455 e. The standard InChI is InChI=1S/C16H17NO2/c1-2-6-14(7-3-1)19-16-9-5-4-8-15(16)17-13-10-11-18-12-13/h1-9,13,17H,10-12H2. The quantitative estimate of drug-likeness (QED) is 0.904. The van der Waals surface area contributed by atoms with Gasteiger partial charge in [0.15, 0.2) is 5.75 Å². The van der Waals surface area contributed by atoms with Gasteiger partial charge in [-0.05, 0) is 30.7 Å². The summed E-state index contributed by atoms with van der Waals surface area (Å²) >= 11 is 0. The van der Waals surface area contributed by atoms with Crippen LogP contribution in [0.4, 0.5) is 5.69 Å². The summed E-state index contributed by atoms with van der Waals surface area (Å²) in [6, 6.07) is 18.2. The van der Waals surface area contributed by atoms with Crippen LogP contribution in [0.3, 0.4) is 0 Å². The Labute approximate surface area is 113 Å². The van der Waals surface area contributed by atoms with Gasteiger partial charge in [0.1, 0.15) is 5.75 Å². The second-order valence-electron chi connectivity index (χ2n) is 4.62. The molecule has 1 fully saturated rings. The average molecular weight is 255 g/mol. The topological polar surface area (TPSA) is 30.5 Å². The van der Waals surface area contributed by atoms with Gasteiger partial charge in [-0.3, -0.25) is 0 Å². The van der Waals surface area contributed by atoms with E-state index >= 15 is 0 Å². The van der Waals surface area contributed by atoms with Crippen molar-refractivity contribution in [3.05, 3.63) is 54.6 Å². The molecule has 0 saturated carbocycles. The first kappa shape index (κ1) is 12.1. The molecule has 3 heteroatoms. The molecule has 1 saturated heterocycles. The lowest BCUT2D eigenvalue weighted by atomic mass is 10.2. The molecule has 1 aliphatic heterocycles. The molecule has 2 aromatic rings. The Bertz CT molecular complexity index is 521. The van der Waals surface area contributed by atoms with Crippen LogP contribution in [0, 0.1) is 0 Å². The highest BCUT2D eigenvalue weighted by Crippen LogP contribution is 2.30. The highest BCUT2D eigenvalue weighted by atomic mass is 16.5. The van der Waals surface area contributed by atoms with E-state index in [1.807, 2.05) is 54.6 Å². The van der Waals surface area contributed by atoms with Gasteiger partial charge < -0.3 is 14.8 Å². The minimum atomic E-state index is 0.375. The Kier molecular flexibility index (Phi) is 3.65. The predicted molar refractivity (Wildman–Crippen MR) is 75.8 cm³/mol. The molecule has 0 bridgehead atoms. The molecule has 0 spiro atoms. The summed E-state index contributed by atoms with van der Waals surface area (Å²) in [5.74, 6) is 1.69. The smallest absolute Gasteiger partial charge is 0.150 e. The van der Waals surface area contributed by atoms with Crippen molar-refractivity contribution in [1.82, 2.24) is 0 Å². The van der Waals surface area contributed by atoms with Crippen LogP contribution in [0.1, 0.15) is 6.42 Å². The van der Waals surface area contributed by atoms with Crippen LogP contribution in [0.2, 0.25) is 0 Å². The van der Waals surface area contributed by atoms with Crippen LogP contribution in [-0.2, 0) is 4.74 Å². The van der Waals surface area contributed by atoms with Gasteiger partial charge >= 0.3 is 0 Å². The average Bonchev–Trinajstić information content (AvgIpc) is 2.95. The van der Waals surface area contributed by atoms with Crippen molar-refractivity contribution in [2.75, 3.05) is 18.5 Å². The molecule has 1 atom stereocenters. The van der Waals surface area contributed by atoms with Gasteiger partial charge in [0.2, 0.25) is 0 Å². The third kappa shape index (κ3) is 3.06. The summed E-state index contributed by atoms with van der Waals surface area (Å²) in [6.07, 6.45) is 1.04. The zero-order chi connectivity index (χ0) is 12.9. The molecule has 0 radical (unpaired) electrons. The summed E-state index contributed by atoms with van der Waals surface area (Å²) < 4.78 is 11.3. The maximum Gasteiger partial charge on any atom is 0.150 e. The lowest BCUT2D eigenvalue weighted by molar-refractivity contribution is 0.195. The van der Waals surface area contributed by atoms with Crippen LogP contribution in [-0.4, -0.2) is 19.3 Å². The Morgan fingerprint density at radius 3 is 2.58 bits per heavy atom. The van der Waals surface area contributed by atoms with Crippen molar-refractivity contribution in [3.8, 4) is 11.5 Å². The molecule has 0 amide bonds. The fourth-order valence-corrected chi connectivity index (χ4v) is 2.16. The van der Waals surface area contributed by atoms with Crippen molar-refractivity contribution in [3.63, 3.8) is 0 Å². The van der Waals surface area contributed by atoms with E-state index in [1.54, 1.807) is 0 Å². The molecule has 1 unspecified atom stereocenters. The van der Waals surface area contributed by atoms with Gasteiger partial charge in [-0.2, -0.15) is 0 Å². The molecule has 1 aliphatic rings. The van der Waals surface area contributed by atoms with Gasteiger partial charge in [-0.1, -0.05) is 30.3 Å². The van der Waals surface area contributed by atoms with Crippen LogP contribution >= 0.6 is 0 Å². The highest BCUT2D eigenvalue weighted by Gasteiger charge is 2.16. The van der Waals surface area contributed by atoms with E-state index in [1.165, 1.54) is 0 Å². The Morgan fingerprint density at radius 2 is 1.79 bits per heavy atom. The normalized spacial score (nSPS) is 18.2. The van der Waals surface area contributed by atoms with Gasteiger partial charge in [-0.15, -0.1) is 0 Å². The SMILES string of the molecule is c1ccc(Oc2ccccc2NC2CCOC2)cc1. The number of para-hydroxylation sites is 3. The second kappa shape index (κ2) is 5.76.